The molecule has 4 heteroatoms. The summed E-state index contributed by atoms with van der Waals surface area (Å²) in [4.78, 5) is 14.8. The summed E-state index contributed by atoms with van der Waals surface area (Å²) in [5.74, 6) is 0.0245. The Bertz CT molecular complexity index is 864. The molecule has 24 heavy (non-hydrogen) atoms. The van der Waals surface area contributed by atoms with Crippen molar-refractivity contribution in [2.24, 2.45) is 0 Å². The third kappa shape index (κ3) is 3.67. The van der Waals surface area contributed by atoms with Crippen molar-refractivity contribution < 1.29 is 9.90 Å². The minimum atomic E-state index is -0.194. The van der Waals surface area contributed by atoms with Crippen LogP contribution in [-0.4, -0.2) is 34.9 Å². The molecule has 0 aromatic carbocycles. The van der Waals surface area contributed by atoms with E-state index in [-0.39, 0.29) is 32.0 Å². The van der Waals surface area contributed by atoms with Crippen molar-refractivity contribution in [1.82, 2.24) is 0 Å². The minimum absolute atomic E-state index is 0.0815. The van der Waals surface area contributed by atoms with Crippen molar-refractivity contribution in [3.8, 4) is 0 Å². The van der Waals surface area contributed by atoms with Crippen LogP contribution >= 0.6 is 11.8 Å². The van der Waals surface area contributed by atoms with Gasteiger partial charge in [0, 0.05) is 0 Å². The van der Waals surface area contributed by atoms with Gasteiger partial charge in [-0.1, -0.05) is 0 Å². The predicted octanol–water partition coefficient (Wildman–Crippen LogP) is 4.53. The third-order valence-corrected chi connectivity index (χ3v) is 7.14. The summed E-state index contributed by atoms with van der Waals surface area (Å²) < 4.78 is 2.79. The molecular weight excluding hydrogens is 432 g/mol. The number of carbonyl (C=O) groups excluding carboxylic acids is 1. The van der Waals surface area contributed by atoms with E-state index in [0.29, 0.717) is 11.1 Å². The zero-order chi connectivity index (χ0) is 17.4. The van der Waals surface area contributed by atoms with Crippen molar-refractivity contribution >= 4 is 41.5 Å². The summed E-state index contributed by atoms with van der Waals surface area (Å²) in [5.41, 5.74) is 2.78. The average Bonchev–Trinajstić information content (AvgIpc) is 2.48. The molecule has 0 saturated carbocycles. The zero-order valence-corrected chi connectivity index (χ0v) is 17.3. The molecular formula is C20H19O2STe. The van der Waals surface area contributed by atoms with E-state index in [2.05, 4.69) is 26.0 Å². The second-order valence-corrected chi connectivity index (χ2v) is 11.8. The van der Waals surface area contributed by atoms with Gasteiger partial charge in [-0.25, -0.2) is 0 Å². The van der Waals surface area contributed by atoms with E-state index in [4.69, 9.17) is 0 Å². The van der Waals surface area contributed by atoms with E-state index in [9.17, 15) is 9.90 Å². The topological polar surface area (TPSA) is 37.3 Å². The van der Waals surface area contributed by atoms with Crippen molar-refractivity contribution in [2.45, 2.75) is 27.7 Å². The summed E-state index contributed by atoms with van der Waals surface area (Å²) >= 11 is 1.52. The fraction of sp³-hybridized carbons (Fsp3) is 0.200. The molecule has 1 aliphatic carbocycles. The Labute approximate surface area is 156 Å². The maximum absolute atomic E-state index is 12.4. The molecule has 0 amide bonds. The molecule has 123 valence electrons. The summed E-state index contributed by atoms with van der Waals surface area (Å²) in [6, 6.07) is 0. The first-order valence-electron chi connectivity index (χ1n) is 7.71. The van der Waals surface area contributed by atoms with Gasteiger partial charge in [0.1, 0.15) is 0 Å². The second kappa shape index (κ2) is 6.88. The van der Waals surface area contributed by atoms with Gasteiger partial charge in [-0.2, -0.15) is 0 Å². The van der Waals surface area contributed by atoms with Gasteiger partial charge in [0.15, 0.2) is 0 Å². The third-order valence-electron chi connectivity index (χ3n) is 3.75. The van der Waals surface area contributed by atoms with Crippen LogP contribution in [0.2, 0.25) is 0 Å². The number of ketones is 1. The molecule has 1 N–H and O–H groups in total. The molecule has 0 atom stereocenters. The van der Waals surface area contributed by atoms with Crippen LogP contribution in [-0.2, 0) is 4.79 Å². The fourth-order valence-electron chi connectivity index (χ4n) is 2.86. The Hall–Kier alpha value is -1.34. The SMILES string of the molecule is CC1=CC(=CC2=C(O)C(=CC3=CC(C)=[Te]C(C)=C3)C2=O)C=C(C)S1. The Balaban J connectivity index is 1.92. The number of thioether (sulfide) groups is 1. The van der Waals surface area contributed by atoms with Crippen LogP contribution in [0.5, 0.6) is 0 Å². The van der Waals surface area contributed by atoms with Crippen LogP contribution in [0.3, 0.4) is 0 Å². The molecule has 0 spiro atoms. The molecule has 0 unspecified atom stereocenters. The summed E-state index contributed by atoms with van der Waals surface area (Å²) in [5, 5.41) is 10.3. The predicted molar refractivity (Wildman–Crippen MR) is 104 cm³/mol. The quantitative estimate of drug-likeness (QED) is 0.496. The molecule has 3 rings (SSSR count). The average molecular weight is 451 g/mol. The monoisotopic (exact) mass is 453 g/mol. The standard InChI is InChI=1S/C20H19O2STe/c1-11-5-15(6-12(2)23-11)9-17-19(21)18(20(17)22)10-16-7-13(3)24-14(4)8-16/h5-10,21H,1-4H3. The Morgan fingerprint density at radius 3 is 2.25 bits per heavy atom. The van der Waals surface area contributed by atoms with E-state index in [1.165, 1.54) is 17.0 Å². The number of aliphatic hydroxyl groups excluding tert-OH is 1. The molecule has 3 aliphatic rings. The van der Waals surface area contributed by atoms with E-state index in [0.717, 1.165) is 11.1 Å². The number of hydrogen-bond donors (Lipinski definition) is 1. The van der Waals surface area contributed by atoms with E-state index in [1.54, 1.807) is 23.9 Å². The van der Waals surface area contributed by atoms with Crippen LogP contribution in [0.4, 0.5) is 0 Å². The normalized spacial score (nSPS) is 22.5. The maximum atomic E-state index is 12.4. The number of hydrogen-bond acceptors (Lipinski definition) is 3. The van der Waals surface area contributed by atoms with Gasteiger partial charge in [-0.05, 0) is 0 Å². The molecule has 2 heterocycles. The number of Topliss-reactive ketones (excluding diaryl/α,β-unsaturated/α-hetero) is 1. The van der Waals surface area contributed by atoms with Crippen molar-refractivity contribution in [3.05, 3.63) is 77.9 Å². The van der Waals surface area contributed by atoms with Crippen LogP contribution in [0, 0.1) is 0 Å². The summed E-state index contributed by atoms with van der Waals surface area (Å²) in [6.07, 6.45) is 11.9. The number of allylic oxidation sites excluding steroid dienone is 13. The van der Waals surface area contributed by atoms with Crippen LogP contribution in [0.15, 0.2) is 77.9 Å². The van der Waals surface area contributed by atoms with Gasteiger partial charge in [0.2, 0.25) is 0 Å². The van der Waals surface area contributed by atoms with Crippen LogP contribution in [0.1, 0.15) is 27.7 Å². The molecule has 2 aliphatic heterocycles. The van der Waals surface area contributed by atoms with Crippen LogP contribution < -0.4 is 0 Å². The molecule has 0 aromatic heterocycles. The molecule has 2 nitrogen and oxygen atoms in total. The number of aliphatic hydroxyl groups is 1. The van der Waals surface area contributed by atoms with Crippen molar-refractivity contribution in [2.75, 3.05) is 0 Å². The molecule has 0 saturated heterocycles. The first kappa shape index (κ1) is 17.5. The Morgan fingerprint density at radius 2 is 1.67 bits per heavy atom. The summed E-state index contributed by atoms with van der Waals surface area (Å²) in [6.45, 7) is 8.36. The Kier molecular flexibility index (Phi) is 5.01. The van der Waals surface area contributed by atoms with Crippen molar-refractivity contribution in [3.63, 3.8) is 0 Å². The number of carbonyl (C=O) groups is 1. The first-order valence-corrected chi connectivity index (χ1v) is 10.9. The van der Waals surface area contributed by atoms with Gasteiger partial charge >= 0.3 is 157 Å². The fourth-order valence-corrected chi connectivity index (χ4v) is 6.32. The summed E-state index contributed by atoms with van der Waals surface area (Å²) in [7, 11) is 0. The van der Waals surface area contributed by atoms with Gasteiger partial charge in [-0.15, -0.1) is 0 Å². The van der Waals surface area contributed by atoms with Gasteiger partial charge in [0.05, 0.1) is 0 Å². The van der Waals surface area contributed by atoms with Gasteiger partial charge < -0.3 is 0 Å². The van der Waals surface area contributed by atoms with Crippen LogP contribution in [0.25, 0.3) is 0 Å². The number of rotatable bonds is 2. The van der Waals surface area contributed by atoms with E-state index < -0.39 is 0 Å². The van der Waals surface area contributed by atoms with E-state index >= 15 is 0 Å². The molecule has 0 bridgehead atoms. The first-order chi connectivity index (χ1) is 11.3. The zero-order valence-electron chi connectivity index (χ0n) is 14.1. The van der Waals surface area contributed by atoms with E-state index in [1.807, 2.05) is 26.0 Å². The van der Waals surface area contributed by atoms with Gasteiger partial charge in [0.25, 0.3) is 0 Å². The Morgan fingerprint density at radius 1 is 1.00 bits per heavy atom. The molecule has 1 radical (unpaired) electrons. The molecule has 0 aromatic rings. The van der Waals surface area contributed by atoms with Gasteiger partial charge in [-0.3, -0.25) is 0 Å². The van der Waals surface area contributed by atoms with Crippen molar-refractivity contribution in [1.29, 1.82) is 0 Å². The second-order valence-electron chi connectivity index (χ2n) is 6.02. The molecule has 0 fully saturated rings.